The van der Waals surface area contributed by atoms with Crippen LogP contribution >= 0.6 is 0 Å². The van der Waals surface area contributed by atoms with E-state index in [2.05, 4.69) is 30.3 Å². The average Bonchev–Trinajstić information content (AvgIpc) is 2.14. The molecule has 5 nitrogen and oxygen atoms in total. The van der Waals surface area contributed by atoms with E-state index in [1.54, 1.807) is 0 Å². The molecule has 0 unspecified atom stereocenters. The van der Waals surface area contributed by atoms with Gasteiger partial charge in [0.25, 0.3) is 0 Å². The van der Waals surface area contributed by atoms with Crippen LogP contribution in [0.25, 0.3) is 0 Å². The van der Waals surface area contributed by atoms with Crippen molar-refractivity contribution in [3.05, 3.63) is 0 Å². The largest absolute Gasteiger partial charge is 0.397 e. The minimum absolute atomic E-state index is 0.750. The third-order valence-corrected chi connectivity index (χ3v) is 2.11. The Labute approximate surface area is 86.8 Å². The number of hydrogen-bond donors (Lipinski definition) is 2. The highest BCUT2D eigenvalue weighted by Gasteiger charge is 1.97. The van der Waals surface area contributed by atoms with Gasteiger partial charge in [-0.1, -0.05) is 20.8 Å². The van der Waals surface area contributed by atoms with Crippen LogP contribution in [0.1, 0.15) is 33.6 Å². The molecule has 0 atom stereocenters. The van der Waals surface area contributed by atoms with Crippen LogP contribution in [0.4, 0.5) is 0 Å². The summed E-state index contributed by atoms with van der Waals surface area (Å²) in [6, 6.07) is 0.750. The zero-order valence-electron chi connectivity index (χ0n) is 9.28. The fourth-order valence-corrected chi connectivity index (χ4v) is 0.866. The van der Waals surface area contributed by atoms with E-state index >= 15 is 0 Å². The van der Waals surface area contributed by atoms with Gasteiger partial charge in [-0.05, 0) is 19.4 Å². The molecule has 0 radical (unpaired) electrons. The molecule has 0 spiro atoms. The van der Waals surface area contributed by atoms with Crippen molar-refractivity contribution in [3.8, 4) is 0 Å². The van der Waals surface area contributed by atoms with Crippen molar-refractivity contribution in [3.63, 3.8) is 0 Å². The molecule has 0 aromatic rings. The Kier molecular flexibility index (Phi) is 10.9. The molecule has 6 heteroatoms. The highest BCUT2D eigenvalue weighted by atomic mass is 32.3. The first-order valence-electron chi connectivity index (χ1n) is 4.67. The topological polar surface area (TPSA) is 75.6 Å². The highest BCUT2D eigenvalue weighted by molar-refractivity contribution is 7.80. The van der Waals surface area contributed by atoms with Crippen molar-refractivity contribution in [1.29, 1.82) is 0 Å². The Morgan fingerprint density at radius 2 is 1.64 bits per heavy atom. The SMILES string of the molecule is CCNC(CC)CC.COS(=O)(=O)O. The summed E-state index contributed by atoms with van der Waals surface area (Å²) in [7, 11) is -3.29. The molecule has 0 aliphatic carbocycles. The summed E-state index contributed by atoms with van der Waals surface area (Å²) in [5.41, 5.74) is 0. The minimum Gasteiger partial charge on any atom is -0.314 e. The van der Waals surface area contributed by atoms with Crippen LogP contribution in [0, 0.1) is 0 Å². The molecular weight excluding hydrogens is 206 g/mol. The first kappa shape index (κ1) is 16.3. The van der Waals surface area contributed by atoms with Gasteiger partial charge >= 0.3 is 10.4 Å². The van der Waals surface area contributed by atoms with Crippen LogP contribution in [-0.4, -0.2) is 32.7 Å². The molecule has 0 bridgehead atoms. The molecule has 0 aromatic carbocycles. The third kappa shape index (κ3) is 14.4. The lowest BCUT2D eigenvalue weighted by Gasteiger charge is -2.11. The van der Waals surface area contributed by atoms with E-state index in [-0.39, 0.29) is 0 Å². The second kappa shape index (κ2) is 9.39. The number of nitrogens with one attached hydrogen (secondary N) is 1. The summed E-state index contributed by atoms with van der Waals surface area (Å²) < 4.78 is 29.7. The molecule has 88 valence electrons. The van der Waals surface area contributed by atoms with E-state index in [0.717, 1.165) is 19.7 Å². The Balaban J connectivity index is 0. The van der Waals surface area contributed by atoms with Crippen molar-refractivity contribution < 1.29 is 17.2 Å². The van der Waals surface area contributed by atoms with Crippen LogP contribution < -0.4 is 5.32 Å². The van der Waals surface area contributed by atoms with Gasteiger partial charge in [-0.25, -0.2) is 0 Å². The summed E-state index contributed by atoms with van der Waals surface area (Å²) in [4.78, 5) is 0. The van der Waals surface area contributed by atoms with Gasteiger partial charge in [0.1, 0.15) is 0 Å². The summed E-state index contributed by atoms with van der Waals surface area (Å²) in [6.07, 6.45) is 2.51. The fraction of sp³-hybridized carbons (Fsp3) is 1.00. The van der Waals surface area contributed by atoms with Crippen LogP contribution in [0.3, 0.4) is 0 Å². The molecule has 0 heterocycles. The lowest BCUT2D eigenvalue weighted by molar-refractivity contribution is 0.324. The van der Waals surface area contributed by atoms with Crippen molar-refractivity contribution in [2.45, 2.75) is 39.7 Å². The van der Waals surface area contributed by atoms with Gasteiger partial charge in [0.05, 0.1) is 7.11 Å². The van der Waals surface area contributed by atoms with Crippen molar-refractivity contribution in [2.75, 3.05) is 13.7 Å². The van der Waals surface area contributed by atoms with Crippen molar-refractivity contribution in [1.82, 2.24) is 5.32 Å². The van der Waals surface area contributed by atoms with Crippen molar-refractivity contribution >= 4 is 10.4 Å². The second-order valence-corrected chi connectivity index (χ2v) is 3.85. The molecule has 2 N–H and O–H groups in total. The van der Waals surface area contributed by atoms with Gasteiger partial charge < -0.3 is 5.32 Å². The molecular formula is C8H21NO4S. The first-order valence-corrected chi connectivity index (χ1v) is 6.04. The predicted octanol–water partition coefficient (Wildman–Crippen LogP) is 1.22. The second-order valence-electron chi connectivity index (χ2n) is 2.67. The molecule has 0 aromatic heterocycles. The van der Waals surface area contributed by atoms with Crippen LogP contribution in [0.2, 0.25) is 0 Å². The average molecular weight is 227 g/mol. The van der Waals surface area contributed by atoms with Crippen LogP contribution in [0.5, 0.6) is 0 Å². The zero-order valence-corrected chi connectivity index (χ0v) is 10.1. The monoisotopic (exact) mass is 227 g/mol. The zero-order chi connectivity index (χ0) is 11.6. The Morgan fingerprint density at radius 1 is 1.29 bits per heavy atom. The maximum absolute atomic E-state index is 9.33. The highest BCUT2D eigenvalue weighted by Crippen LogP contribution is 1.93. The Bertz CT molecular complexity index is 199. The van der Waals surface area contributed by atoms with E-state index in [4.69, 9.17) is 4.55 Å². The molecule has 14 heavy (non-hydrogen) atoms. The molecule has 0 saturated carbocycles. The summed E-state index contributed by atoms with van der Waals surface area (Å²) in [5.74, 6) is 0. The molecule has 0 fully saturated rings. The summed E-state index contributed by atoms with van der Waals surface area (Å²) in [5, 5.41) is 3.38. The molecule has 0 saturated heterocycles. The van der Waals surface area contributed by atoms with E-state index in [1.807, 2.05) is 0 Å². The van der Waals surface area contributed by atoms with Gasteiger partial charge in [-0.3, -0.25) is 8.74 Å². The van der Waals surface area contributed by atoms with Gasteiger partial charge in [0, 0.05) is 6.04 Å². The Morgan fingerprint density at radius 3 is 1.71 bits per heavy atom. The maximum Gasteiger partial charge on any atom is 0.397 e. The molecule has 0 aliphatic rings. The van der Waals surface area contributed by atoms with Crippen LogP contribution in [-0.2, 0) is 14.6 Å². The predicted molar refractivity (Wildman–Crippen MR) is 56.6 cm³/mol. The summed E-state index contributed by atoms with van der Waals surface area (Å²) in [6.45, 7) is 7.69. The smallest absolute Gasteiger partial charge is 0.314 e. The van der Waals surface area contributed by atoms with Gasteiger partial charge in [-0.15, -0.1) is 0 Å². The first-order chi connectivity index (χ1) is 6.41. The van der Waals surface area contributed by atoms with Crippen molar-refractivity contribution in [2.24, 2.45) is 0 Å². The molecule has 0 rings (SSSR count). The van der Waals surface area contributed by atoms with E-state index in [9.17, 15) is 8.42 Å². The fourth-order valence-electron chi connectivity index (χ4n) is 0.866. The van der Waals surface area contributed by atoms with E-state index < -0.39 is 10.4 Å². The van der Waals surface area contributed by atoms with E-state index in [0.29, 0.717) is 0 Å². The lowest BCUT2D eigenvalue weighted by atomic mass is 10.2. The Hall–Kier alpha value is -0.170. The normalized spacial score (nSPS) is 11.0. The van der Waals surface area contributed by atoms with Gasteiger partial charge in [-0.2, -0.15) is 8.42 Å². The summed E-state index contributed by atoms with van der Waals surface area (Å²) >= 11 is 0. The maximum atomic E-state index is 9.33. The molecule has 0 amide bonds. The van der Waals surface area contributed by atoms with Gasteiger partial charge in [0.15, 0.2) is 0 Å². The number of hydrogen-bond acceptors (Lipinski definition) is 4. The quantitative estimate of drug-likeness (QED) is 0.691. The number of rotatable bonds is 5. The lowest BCUT2D eigenvalue weighted by Crippen LogP contribution is -2.26. The minimum atomic E-state index is -4.16. The standard InChI is InChI=1S/C7H17N.CH4O4S/c1-4-7(5-2)8-6-3;1-5-6(2,3)4/h7-8H,4-6H2,1-3H3;1H3,(H,2,3,4). The van der Waals surface area contributed by atoms with E-state index in [1.165, 1.54) is 12.8 Å². The van der Waals surface area contributed by atoms with Crippen LogP contribution in [0.15, 0.2) is 0 Å². The molecule has 0 aliphatic heterocycles. The third-order valence-electron chi connectivity index (χ3n) is 1.69. The van der Waals surface area contributed by atoms with Gasteiger partial charge in [0.2, 0.25) is 0 Å².